The highest BCUT2D eigenvalue weighted by Gasteiger charge is 2.28. The van der Waals surface area contributed by atoms with Crippen LogP contribution in [-0.2, 0) is 42.2 Å². The van der Waals surface area contributed by atoms with Crippen molar-refractivity contribution in [3.05, 3.63) is 109 Å². The maximum Gasteiger partial charge on any atom is 0.472 e. The highest BCUT2D eigenvalue weighted by molar-refractivity contribution is 7.47. The maximum atomic E-state index is 12.9. The second-order valence-corrected chi connectivity index (χ2v) is 19.4. The fraction of sp³-hybridized carbons (Fsp3) is 0.650. The Morgan fingerprint density at radius 2 is 0.722 bits per heavy atom. The fourth-order valence-electron chi connectivity index (χ4n) is 6.98. The molecule has 410 valence electrons. The van der Waals surface area contributed by atoms with Crippen LogP contribution in [0.25, 0.3) is 0 Å². The predicted molar refractivity (Wildman–Crippen MR) is 297 cm³/mol. The molecular formula is C60H99O11P. The summed E-state index contributed by atoms with van der Waals surface area (Å²) >= 11 is 0. The normalized spacial score (nSPS) is 14.2. The number of aliphatic hydroxyl groups excluding tert-OH is 1. The summed E-state index contributed by atoms with van der Waals surface area (Å²) in [5, 5.41) is 9.80. The number of allylic oxidation sites excluding steroid dienone is 18. The van der Waals surface area contributed by atoms with Gasteiger partial charge in [-0.25, -0.2) is 4.57 Å². The van der Waals surface area contributed by atoms with E-state index in [0.29, 0.717) is 19.3 Å². The summed E-state index contributed by atoms with van der Waals surface area (Å²) in [6.07, 6.45) is 63.4. The first-order valence-electron chi connectivity index (χ1n) is 27.8. The molecule has 0 aliphatic rings. The van der Waals surface area contributed by atoms with Gasteiger partial charge in [0, 0.05) is 19.3 Å². The van der Waals surface area contributed by atoms with E-state index in [2.05, 4.69) is 130 Å². The van der Waals surface area contributed by atoms with E-state index in [0.717, 1.165) is 135 Å². The van der Waals surface area contributed by atoms with Crippen LogP contribution in [0.3, 0.4) is 0 Å². The molecule has 11 nitrogen and oxygen atoms in total. The number of unbranched alkanes of at least 4 members (excludes halogenated alkanes) is 15. The Bertz CT molecular complexity index is 1620. The molecule has 3 unspecified atom stereocenters. The molecule has 0 aromatic heterocycles. The first-order valence-corrected chi connectivity index (χ1v) is 29.3. The van der Waals surface area contributed by atoms with Crippen LogP contribution in [0.5, 0.6) is 0 Å². The highest BCUT2D eigenvalue weighted by Crippen LogP contribution is 2.43. The number of esters is 3. The standard InChI is InChI=1S/C60H99O11P/c1-4-7-10-13-16-19-22-25-28-31-34-37-40-43-46-49-58(62)67-53-57(71-60(64)51-48-45-42-39-36-33-30-27-24-21-18-15-12-9-6-3)55-69-72(65,66)68-54-56(52-61)70-59(63)50-47-44-41-38-35-32-29-26-23-20-17-14-11-8-5-2/h7,9-10,12,16-21,25-30,36,39,56-57,61H,4-6,8,11,13-15,22-24,31-35,37-38,40-55H2,1-3H3,(H,65,66)/b10-7-,12-9-,19-16-,20-17-,21-18-,28-25-,29-26-,30-27-,39-36-. The Labute approximate surface area is 437 Å². The number of aliphatic hydroxyl groups is 1. The van der Waals surface area contributed by atoms with Crippen molar-refractivity contribution in [2.75, 3.05) is 26.4 Å². The SMILES string of the molecule is CC/C=C\C/C=C\C/C=C\C/C=C\CCCCC(=O)OC(COC(=O)CCCCCCC/C=C\C/C=C\C/C=C\CC)COP(=O)(O)OCC(CO)OC(=O)CCCCCCC/C=C\C/C=C\CCCCC. The summed E-state index contributed by atoms with van der Waals surface area (Å²) in [5.41, 5.74) is 0. The minimum Gasteiger partial charge on any atom is -0.462 e. The number of ether oxygens (including phenoxy) is 3. The van der Waals surface area contributed by atoms with E-state index in [1.807, 2.05) is 0 Å². The third-order valence-electron chi connectivity index (χ3n) is 11.2. The van der Waals surface area contributed by atoms with E-state index in [4.69, 9.17) is 23.3 Å². The molecule has 2 N–H and O–H groups in total. The monoisotopic (exact) mass is 1030 g/mol. The predicted octanol–water partition coefficient (Wildman–Crippen LogP) is 16.2. The van der Waals surface area contributed by atoms with E-state index < -0.39 is 57.8 Å². The van der Waals surface area contributed by atoms with Gasteiger partial charge >= 0.3 is 25.7 Å². The van der Waals surface area contributed by atoms with Gasteiger partial charge in [0.15, 0.2) is 6.10 Å². The summed E-state index contributed by atoms with van der Waals surface area (Å²) in [7, 11) is -4.77. The molecular weight excluding hydrogens is 928 g/mol. The van der Waals surface area contributed by atoms with E-state index in [1.54, 1.807) is 0 Å². The van der Waals surface area contributed by atoms with Crippen LogP contribution in [-0.4, -0.2) is 66.5 Å². The molecule has 0 radical (unpaired) electrons. The number of phosphoric ester groups is 1. The van der Waals surface area contributed by atoms with Gasteiger partial charge in [0.25, 0.3) is 0 Å². The second-order valence-electron chi connectivity index (χ2n) is 18.0. The zero-order valence-corrected chi connectivity index (χ0v) is 46.0. The highest BCUT2D eigenvalue weighted by atomic mass is 31.2. The van der Waals surface area contributed by atoms with Gasteiger partial charge in [-0.1, -0.05) is 182 Å². The lowest BCUT2D eigenvalue weighted by Crippen LogP contribution is -2.30. The Morgan fingerprint density at radius 3 is 1.14 bits per heavy atom. The number of hydrogen-bond donors (Lipinski definition) is 2. The molecule has 0 aliphatic carbocycles. The van der Waals surface area contributed by atoms with Crippen LogP contribution in [0, 0.1) is 0 Å². The third kappa shape index (κ3) is 51.1. The van der Waals surface area contributed by atoms with Crippen molar-refractivity contribution in [3.63, 3.8) is 0 Å². The second kappa shape index (κ2) is 53.4. The molecule has 0 aliphatic heterocycles. The lowest BCUT2D eigenvalue weighted by atomic mass is 10.1. The molecule has 12 heteroatoms. The van der Waals surface area contributed by atoms with Crippen molar-refractivity contribution in [2.24, 2.45) is 0 Å². The van der Waals surface area contributed by atoms with Crippen molar-refractivity contribution < 1.29 is 52.2 Å². The Kier molecular flexibility index (Phi) is 50.6. The largest absolute Gasteiger partial charge is 0.472 e. The van der Waals surface area contributed by atoms with Crippen LogP contribution in [0.2, 0.25) is 0 Å². The van der Waals surface area contributed by atoms with Crippen molar-refractivity contribution in [1.29, 1.82) is 0 Å². The van der Waals surface area contributed by atoms with Gasteiger partial charge in [0.05, 0.1) is 19.8 Å². The van der Waals surface area contributed by atoms with Crippen molar-refractivity contribution in [3.8, 4) is 0 Å². The number of phosphoric acid groups is 1. The summed E-state index contributed by atoms with van der Waals surface area (Å²) in [4.78, 5) is 48.5. The first kappa shape index (κ1) is 68.1. The smallest absolute Gasteiger partial charge is 0.462 e. The number of carbonyl (C=O) groups is 3. The summed E-state index contributed by atoms with van der Waals surface area (Å²) in [6, 6.07) is 0. The summed E-state index contributed by atoms with van der Waals surface area (Å²) in [6.45, 7) is 4.29. The van der Waals surface area contributed by atoms with Gasteiger partial charge in [-0.3, -0.25) is 23.4 Å². The van der Waals surface area contributed by atoms with Crippen LogP contribution >= 0.6 is 7.82 Å². The molecule has 3 atom stereocenters. The van der Waals surface area contributed by atoms with Crippen LogP contribution in [0.4, 0.5) is 0 Å². The fourth-order valence-corrected chi connectivity index (χ4v) is 7.76. The van der Waals surface area contributed by atoms with Gasteiger partial charge in [0.1, 0.15) is 12.7 Å². The van der Waals surface area contributed by atoms with E-state index >= 15 is 0 Å². The lowest BCUT2D eigenvalue weighted by Gasteiger charge is -2.21. The van der Waals surface area contributed by atoms with Crippen molar-refractivity contribution in [1.82, 2.24) is 0 Å². The minimum absolute atomic E-state index is 0.105. The molecule has 0 saturated carbocycles. The van der Waals surface area contributed by atoms with Gasteiger partial charge in [-0.2, -0.15) is 0 Å². The first-order chi connectivity index (χ1) is 35.2. The van der Waals surface area contributed by atoms with Crippen LogP contribution < -0.4 is 0 Å². The van der Waals surface area contributed by atoms with E-state index in [1.165, 1.54) is 19.3 Å². The summed E-state index contributed by atoms with van der Waals surface area (Å²) in [5.74, 6) is -1.56. The average Bonchev–Trinajstić information content (AvgIpc) is 3.37. The van der Waals surface area contributed by atoms with Crippen molar-refractivity contribution >= 4 is 25.7 Å². The molecule has 0 saturated heterocycles. The molecule has 0 rings (SSSR count). The molecule has 0 heterocycles. The van der Waals surface area contributed by atoms with Gasteiger partial charge < -0.3 is 24.2 Å². The molecule has 0 amide bonds. The van der Waals surface area contributed by atoms with Gasteiger partial charge in [0.2, 0.25) is 0 Å². The van der Waals surface area contributed by atoms with Crippen LogP contribution in [0.15, 0.2) is 109 Å². The summed E-state index contributed by atoms with van der Waals surface area (Å²) < 4.78 is 39.4. The zero-order chi connectivity index (χ0) is 52.7. The lowest BCUT2D eigenvalue weighted by molar-refractivity contribution is -0.161. The molecule has 0 spiro atoms. The Morgan fingerprint density at radius 1 is 0.403 bits per heavy atom. The number of carbonyl (C=O) groups excluding carboxylic acids is 3. The Hall–Kier alpha value is -3.86. The quantitative estimate of drug-likeness (QED) is 0.0197. The minimum atomic E-state index is -4.77. The zero-order valence-electron chi connectivity index (χ0n) is 45.1. The third-order valence-corrected chi connectivity index (χ3v) is 12.1. The van der Waals surface area contributed by atoms with Crippen LogP contribution in [0.1, 0.15) is 213 Å². The molecule has 0 fully saturated rings. The van der Waals surface area contributed by atoms with Gasteiger partial charge in [-0.05, 0) is 122 Å². The van der Waals surface area contributed by atoms with Crippen molar-refractivity contribution in [2.45, 2.75) is 226 Å². The molecule has 0 aromatic carbocycles. The Balaban J connectivity index is 4.83. The van der Waals surface area contributed by atoms with E-state index in [9.17, 15) is 28.9 Å². The van der Waals surface area contributed by atoms with Gasteiger partial charge in [-0.15, -0.1) is 0 Å². The maximum absolute atomic E-state index is 12.9. The van der Waals surface area contributed by atoms with E-state index in [-0.39, 0.29) is 25.9 Å². The molecule has 0 bridgehead atoms. The average molecular weight is 1030 g/mol. The topological polar surface area (TPSA) is 155 Å². The molecule has 0 aromatic rings. The number of rotatable bonds is 50. The number of hydrogen-bond acceptors (Lipinski definition) is 10. The molecule has 72 heavy (non-hydrogen) atoms.